The van der Waals surface area contributed by atoms with E-state index in [0.29, 0.717) is 30.5 Å². The van der Waals surface area contributed by atoms with Crippen molar-refractivity contribution in [1.82, 2.24) is 0 Å². The summed E-state index contributed by atoms with van der Waals surface area (Å²) in [5.41, 5.74) is 0.954. The molecule has 0 saturated carbocycles. The molecule has 1 heterocycles. The van der Waals surface area contributed by atoms with Crippen molar-refractivity contribution in [2.75, 3.05) is 18.6 Å². The van der Waals surface area contributed by atoms with Crippen molar-refractivity contribution in [2.45, 2.75) is 25.3 Å². The molecule has 0 spiro atoms. The second-order valence-corrected chi connectivity index (χ2v) is 5.87. The second kappa shape index (κ2) is 6.53. The lowest BCUT2D eigenvalue weighted by Gasteiger charge is -2.26. The maximum atomic E-state index is 12.1. The first-order valence-corrected chi connectivity index (χ1v) is 7.47. The first-order chi connectivity index (χ1) is 9.58. The number of benzene rings is 1. The Labute approximate surface area is 131 Å². The van der Waals surface area contributed by atoms with E-state index >= 15 is 0 Å². The number of halogens is 1. The van der Waals surface area contributed by atoms with E-state index in [-0.39, 0.29) is 18.6 Å². The van der Waals surface area contributed by atoms with Crippen molar-refractivity contribution in [3.8, 4) is 0 Å². The number of methoxy groups -OCH3 is 1. The number of hydrogen-bond acceptors (Lipinski definition) is 4. The molecule has 6 heteroatoms. The van der Waals surface area contributed by atoms with Crippen molar-refractivity contribution in [3.63, 3.8) is 0 Å². The Balaban J connectivity index is 2.44. The molecule has 1 N–H and O–H groups in total. The summed E-state index contributed by atoms with van der Waals surface area (Å²) in [4.78, 5) is 25.6. The van der Waals surface area contributed by atoms with Crippen LogP contribution >= 0.6 is 22.6 Å². The van der Waals surface area contributed by atoms with Crippen molar-refractivity contribution < 1.29 is 19.4 Å². The Morgan fingerprint density at radius 2 is 2.30 bits per heavy atom. The molecular formula is C14H16INO4. The van der Waals surface area contributed by atoms with Crippen LogP contribution in [0.15, 0.2) is 18.2 Å². The van der Waals surface area contributed by atoms with Crippen molar-refractivity contribution in [1.29, 1.82) is 0 Å². The largest absolute Gasteiger partial charge is 0.465 e. The van der Waals surface area contributed by atoms with Crippen LogP contribution < -0.4 is 4.90 Å². The van der Waals surface area contributed by atoms with Gasteiger partial charge in [-0.2, -0.15) is 0 Å². The van der Waals surface area contributed by atoms with Gasteiger partial charge in [-0.05, 0) is 53.6 Å². The number of ether oxygens (including phenoxy) is 1. The first kappa shape index (κ1) is 15.2. The number of aliphatic hydroxyl groups is 1. The first-order valence-electron chi connectivity index (χ1n) is 6.39. The molecule has 5 nitrogen and oxygen atoms in total. The number of esters is 1. The molecule has 1 aromatic rings. The Morgan fingerprint density at radius 1 is 1.55 bits per heavy atom. The zero-order valence-electron chi connectivity index (χ0n) is 11.1. The van der Waals surface area contributed by atoms with E-state index in [2.05, 4.69) is 22.6 Å². The van der Waals surface area contributed by atoms with Crippen molar-refractivity contribution in [3.05, 3.63) is 27.3 Å². The molecule has 1 aliphatic rings. The highest BCUT2D eigenvalue weighted by Gasteiger charge is 2.34. The molecule has 0 aliphatic carbocycles. The van der Waals surface area contributed by atoms with Crippen molar-refractivity contribution >= 4 is 40.2 Å². The van der Waals surface area contributed by atoms with Crippen LogP contribution in [0.3, 0.4) is 0 Å². The van der Waals surface area contributed by atoms with E-state index < -0.39 is 5.97 Å². The van der Waals surface area contributed by atoms with Gasteiger partial charge in [-0.25, -0.2) is 4.79 Å². The van der Waals surface area contributed by atoms with Crippen LogP contribution in [0.2, 0.25) is 0 Å². The number of carbonyl (C=O) groups excluding carboxylic acids is 2. The molecule has 0 radical (unpaired) electrons. The fourth-order valence-corrected chi connectivity index (χ4v) is 2.98. The monoisotopic (exact) mass is 389 g/mol. The van der Waals surface area contributed by atoms with Gasteiger partial charge in [0.15, 0.2) is 0 Å². The smallest absolute Gasteiger partial charge is 0.340 e. The average Bonchev–Trinajstić information content (AvgIpc) is 2.79. The standard InChI is InChI=1S/C14H16INO4/c1-20-14(19)11-8-9(15)2-4-12(11)16-10(6-7-17)3-5-13(16)18/h2,4,8,10,17H,3,5-7H2,1H3/t10-/m0/s1. The predicted octanol–water partition coefficient (Wildman–Crippen LogP) is 1.96. The van der Waals surface area contributed by atoms with Gasteiger partial charge in [-0.1, -0.05) is 0 Å². The van der Waals surface area contributed by atoms with E-state index in [0.717, 1.165) is 3.57 Å². The molecule has 1 atom stereocenters. The third-order valence-corrected chi connectivity index (χ3v) is 4.08. The predicted molar refractivity (Wildman–Crippen MR) is 82.7 cm³/mol. The molecule has 0 bridgehead atoms. The maximum Gasteiger partial charge on any atom is 0.340 e. The van der Waals surface area contributed by atoms with E-state index in [1.54, 1.807) is 17.0 Å². The average molecular weight is 389 g/mol. The quantitative estimate of drug-likeness (QED) is 0.632. The van der Waals surface area contributed by atoms with Gasteiger partial charge in [0, 0.05) is 22.6 Å². The number of hydrogen-bond donors (Lipinski definition) is 1. The summed E-state index contributed by atoms with van der Waals surface area (Å²) in [6, 6.07) is 5.27. The normalized spacial score (nSPS) is 18.4. The minimum absolute atomic E-state index is 0.0187. The van der Waals surface area contributed by atoms with Gasteiger partial charge >= 0.3 is 5.97 Å². The van der Waals surface area contributed by atoms with Crippen LogP contribution in [0.5, 0.6) is 0 Å². The molecular weight excluding hydrogens is 373 g/mol. The van der Waals surface area contributed by atoms with Gasteiger partial charge in [-0.15, -0.1) is 0 Å². The highest BCUT2D eigenvalue weighted by Crippen LogP contribution is 2.32. The van der Waals surface area contributed by atoms with E-state index in [1.807, 2.05) is 6.07 Å². The third kappa shape index (κ3) is 2.95. The van der Waals surface area contributed by atoms with Gasteiger partial charge in [0.2, 0.25) is 5.91 Å². The molecule has 1 aliphatic heterocycles. The third-order valence-electron chi connectivity index (χ3n) is 3.41. The SMILES string of the molecule is COC(=O)c1cc(I)ccc1N1C(=O)CC[C@H]1CCO. The number of anilines is 1. The maximum absolute atomic E-state index is 12.1. The molecule has 20 heavy (non-hydrogen) atoms. The zero-order valence-corrected chi connectivity index (χ0v) is 13.3. The van der Waals surface area contributed by atoms with E-state index in [4.69, 9.17) is 9.84 Å². The number of carbonyl (C=O) groups is 2. The molecule has 2 rings (SSSR count). The minimum atomic E-state index is -0.457. The Hall–Kier alpha value is -1.15. The number of rotatable bonds is 4. The topological polar surface area (TPSA) is 66.8 Å². The Kier molecular flexibility index (Phi) is 4.98. The fraction of sp³-hybridized carbons (Fsp3) is 0.429. The zero-order chi connectivity index (χ0) is 14.7. The van der Waals surface area contributed by atoms with Crippen LogP contribution in [0, 0.1) is 3.57 Å². The Bertz CT molecular complexity index is 532. The van der Waals surface area contributed by atoms with Crippen LogP contribution in [0.1, 0.15) is 29.6 Å². The molecule has 1 saturated heterocycles. The second-order valence-electron chi connectivity index (χ2n) is 4.62. The molecule has 1 amide bonds. The molecule has 0 aromatic heterocycles. The van der Waals surface area contributed by atoms with Gasteiger partial charge in [-0.3, -0.25) is 4.79 Å². The molecule has 1 aromatic carbocycles. The van der Waals surface area contributed by atoms with Gasteiger partial charge in [0.05, 0.1) is 18.4 Å². The lowest BCUT2D eigenvalue weighted by molar-refractivity contribution is -0.117. The van der Waals surface area contributed by atoms with E-state index in [9.17, 15) is 9.59 Å². The van der Waals surface area contributed by atoms with Gasteiger partial charge in [0.1, 0.15) is 0 Å². The summed E-state index contributed by atoms with van der Waals surface area (Å²) in [7, 11) is 1.32. The highest BCUT2D eigenvalue weighted by atomic mass is 127. The van der Waals surface area contributed by atoms with Crippen LogP contribution in [-0.4, -0.2) is 36.7 Å². The Morgan fingerprint density at radius 3 is 2.95 bits per heavy atom. The highest BCUT2D eigenvalue weighted by molar-refractivity contribution is 14.1. The summed E-state index contributed by atoms with van der Waals surface area (Å²) in [6.07, 6.45) is 1.65. The van der Waals surface area contributed by atoms with Crippen LogP contribution in [0.25, 0.3) is 0 Å². The van der Waals surface area contributed by atoms with Gasteiger partial charge < -0.3 is 14.7 Å². The molecule has 108 valence electrons. The number of amides is 1. The van der Waals surface area contributed by atoms with Crippen LogP contribution in [-0.2, 0) is 9.53 Å². The van der Waals surface area contributed by atoms with E-state index in [1.165, 1.54) is 7.11 Å². The lowest BCUT2D eigenvalue weighted by Crippen LogP contribution is -2.34. The van der Waals surface area contributed by atoms with Crippen molar-refractivity contribution in [2.24, 2.45) is 0 Å². The summed E-state index contributed by atoms with van der Waals surface area (Å²) in [5, 5.41) is 9.12. The van der Waals surface area contributed by atoms with Gasteiger partial charge in [0.25, 0.3) is 0 Å². The number of nitrogens with zero attached hydrogens (tertiary/aromatic N) is 1. The summed E-state index contributed by atoms with van der Waals surface area (Å²) in [5.74, 6) is -0.476. The lowest BCUT2D eigenvalue weighted by atomic mass is 10.1. The fourth-order valence-electron chi connectivity index (χ4n) is 2.49. The van der Waals surface area contributed by atoms with Crippen LogP contribution in [0.4, 0.5) is 5.69 Å². The minimum Gasteiger partial charge on any atom is -0.465 e. The molecule has 0 unspecified atom stereocenters. The summed E-state index contributed by atoms with van der Waals surface area (Å²) < 4.78 is 5.69. The molecule has 1 fully saturated rings. The summed E-state index contributed by atoms with van der Waals surface area (Å²) >= 11 is 2.11. The number of aliphatic hydroxyl groups excluding tert-OH is 1. The summed E-state index contributed by atoms with van der Waals surface area (Å²) in [6.45, 7) is 0.0202.